The number of aromatic nitrogens is 2. The van der Waals surface area contributed by atoms with Crippen molar-refractivity contribution in [2.24, 2.45) is 5.92 Å². The quantitative estimate of drug-likeness (QED) is 0.420. The van der Waals surface area contributed by atoms with Gasteiger partial charge in [0.15, 0.2) is 0 Å². The number of nitrogens with zero attached hydrogens (tertiary/aromatic N) is 3. The molecule has 1 aliphatic heterocycles. The Balaban J connectivity index is 1.76. The highest BCUT2D eigenvalue weighted by molar-refractivity contribution is 8.26. The van der Waals surface area contributed by atoms with E-state index in [1.165, 1.54) is 16.2 Å². The SMILES string of the molecule is CC(C)CNc1nc2ccccn2c(=O)c1/C=C1\SC(=S)N([C@@H](C)c2ccccc2)C1=O. The third-order valence-corrected chi connectivity index (χ3v) is 6.55. The molecule has 0 bridgehead atoms. The van der Waals surface area contributed by atoms with Gasteiger partial charge in [0.25, 0.3) is 11.5 Å². The normalized spacial score (nSPS) is 16.4. The predicted octanol–water partition coefficient (Wildman–Crippen LogP) is 4.72. The Morgan fingerprint density at radius 1 is 1.09 bits per heavy atom. The monoisotopic (exact) mass is 464 g/mol. The van der Waals surface area contributed by atoms with Crippen molar-refractivity contribution in [3.8, 4) is 0 Å². The van der Waals surface area contributed by atoms with Crippen LogP contribution < -0.4 is 10.9 Å². The van der Waals surface area contributed by atoms with Crippen LogP contribution in [-0.2, 0) is 4.79 Å². The highest BCUT2D eigenvalue weighted by atomic mass is 32.2. The lowest BCUT2D eigenvalue weighted by atomic mass is 10.1. The maximum atomic E-state index is 13.3. The number of thiocarbonyl (C=S) groups is 1. The van der Waals surface area contributed by atoms with Gasteiger partial charge in [-0.25, -0.2) is 4.98 Å². The average Bonchev–Trinajstić information content (AvgIpc) is 3.07. The summed E-state index contributed by atoms with van der Waals surface area (Å²) >= 11 is 6.74. The summed E-state index contributed by atoms with van der Waals surface area (Å²) < 4.78 is 1.96. The summed E-state index contributed by atoms with van der Waals surface area (Å²) in [6, 6.07) is 15.0. The number of hydrogen-bond donors (Lipinski definition) is 1. The second kappa shape index (κ2) is 9.26. The van der Waals surface area contributed by atoms with Crippen LogP contribution in [0.2, 0.25) is 0 Å². The van der Waals surface area contributed by atoms with Crippen LogP contribution in [0, 0.1) is 5.92 Å². The van der Waals surface area contributed by atoms with E-state index < -0.39 is 0 Å². The number of amides is 1. The van der Waals surface area contributed by atoms with Crippen molar-refractivity contribution in [3.63, 3.8) is 0 Å². The molecule has 1 aromatic carbocycles. The molecule has 1 aliphatic rings. The molecule has 0 saturated carbocycles. The van der Waals surface area contributed by atoms with Crippen molar-refractivity contribution in [1.82, 2.24) is 14.3 Å². The van der Waals surface area contributed by atoms with Crippen molar-refractivity contribution >= 4 is 51.7 Å². The van der Waals surface area contributed by atoms with E-state index in [0.29, 0.717) is 38.7 Å². The van der Waals surface area contributed by atoms with E-state index in [1.54, 1.807) is 29.3 Å². The molecule has 1 amide bonds. The van der Waals surface area contributed by atoms with Crippen LogP contribution in [0.3, 0.4) is 0 Å². The molecule has 3 aromatic rings. The third kappa shape index (κ3) is 4.33. The molecule has 4 rings (SSSR count). The van der Waals surface area contributed by atoms with E-state index >= 15 is 0 Å². The first kappa shape index (κ1) is 22.2. The van der Waals surface area contributed by atoms with Crippen molar-refractivity contribution in [3.05, 3.63) is 81.1 Å². The van der Waals surface area contributed by atoms with Crippen molar-refractivity contribution in [2.75, 3.05) is 11.9 Å². The molecular weight excluding hydrogens is 440 g/mol. The van der Waals surface area contributed by atoms with E-state index in [9.17, 15) is 9.59 Å². The molecule has 0 aliphatic carbocycles. The molecule has 0 radical (unpaired) electrons. The number of thioether (sulfide) groups is 1. The van der Waals surface area contributed by atoms with E-state index in [1.807, 2.05) is 43.3 Å². The molecule has 3 heterocycles. The van der Waals surface area contributed by atoms with Gasteiger partial charge in [0, 0.05) is 12.7 Å². The molecule has 1 saturated heterocycles. The van der Waals surface area contributed by atoms with Gasteiger partial charge < -0.3 is 5.32 Å². The van der Waals surface area contributed by atoms with Crippen LogP contribution in [0.5, 0.6) is 0 Å². The van der Waals surface area contributed by atoms with Crippen molar-refractivity contribution < 1.29 is 4.79 Å². The van der Waals surface area contributed by atoms with Crippen LogP contribution in [-0.4, -0.2) is 31.1 Å². The van der Waals surface area contributed by atoms with E-state index in [0.717, 1.165) is 5.56 Å². The number of hydrogen-bond acceptors (Lipinski definition) is 6. The Morgan fingerprint density at radius 2 is 1.81 bits per heavy atom. The van der Waals surface area contributed by atoms with Crippen LogP contribution in [0.15, 0.2) is 64.4 Å². The lowest BCUT2D eigenvalue weighted by molar-refractivity contribution is -0.123. The first-order valence-electron chi connectivity index (χ1n) is 10.4. The van der Waals surface area contributed by atoms with Crippen molar-refractivity contribution in [1.29, 1.82) is 0 Å². The molecule has 1 N–H and O–H groups in total. The predicted molar refractivity (Wildman–Crippen MR) is 135 cm³/mol. The highest BCUT2D eigenvalue weighted by Crippen LogP contribution is 2.38. The number of carbonyl (C=O) groups is 1. The Bertz CT molecular complexity index is 1270. The van der Waals surface area contributed by atoms with E-state index in [-0.39, 0.29) is 17.5 Å². The lowest BCUT2D eigenvalue weighted by Crippen LogP contribution is -2.31. The molecule has 164 valence electrons. The number of pyridine rings is 1. The lowest BCUT2D eigenvalue weighted by Gasteiger charge is -2.23. The molecule has 32 heavy (non-hydrogen) atoms. The van der Waals surface area contributed by atoms with Gasteiger partial charge in [-0.05, 0) is 36.6 Å². The molecule has 6 nitrogen and oxygen atoms in total. The van der Waals surface area contributed by atoms with Gasteiger partial charge in [0.05, 0.1) is 16.5 Å². The van der Waals surface area contributed by atoms with Gasteiger partial charge in [-0.2, -0.15) is 0 Å². The average molecular weight is 465 g/mol. The largest absolute Gasteiger partial charge is 0.369 e. The number of rotatable bonds is 6. The Morgan fingerprint density at radius 3 is 2.53 bits per heavy atom. The van der Waals surface area contributed by atoms with E-state index in [2.05, 4.69) is 24.1 Å². The molecule has 0 unspecified atom stereocenters. The maximum Gasteiger partial charge on any atom is 0.267 e. The summed E-state index contributed by atoms with van der Waals surface area (Å²) in [4.78, 5) is 33.2. The molecule has 1 atom stereocenters. The number of anilines is 1. The molecule has 0 spiro atoms. The fourth-order valence-corrected chi connectivity index (χ4v) is 4.89. The van der Waals surface area contributed by atoms with Gasteiger partial charge in [0.1, 0.15) is 15.8 Å². The zero-order valence-corrected chi connectivity index (χ0v) is 19.7. The first-order valence-corrected chi connectivity index (χ1v) is 11.7. The summed E-state index contributed by atoms with van der Waals surface area (Å²) in [7, 11) is 0. The zero-order chi connectivity index (χ0) is 22.8. The van der Waals surface area contributed by atoms with Gasteiger partial charge in [0.2, 0.25) is 0 Å². The van der Waals surface area contributed by atoms with Crippen LogP contribution in [0.25, 0.3) is 11.7 Å². The molecule has 1 fully saturated rings. The summed E-state index contributed by atoms with van der Waals surface area (Å²) in [5.74, 6) is 0.629. The number of nitrogens with one attached hydrogen (secondary N) is 1. The fourth-order valence-electron chi connectivity index (χ4n) is 3.49. The topological polar surface area (TPSA) is 66.7 Å². The molecule has 2 aromatic heterocycles. The Hall–Kier alpha value is -2.97. The maximum absolute atomic E-state index is 13.3. The Labute approximate surface area is 196 Å². The van der Waals surface area contributed by atoms with Crippen LogP contribution in [0.4, 0.5) is 5.82 Å². The van der Waals surface area contributed by atoms with Gasteiger partial charge in [-0.1, -0.05) is 74.2 Å². The summed E-state index contributed by atoms with van der Waals surface area (Å²) in [5.41, 5.74) is 1.66. The second-order valence-electron chi connectivity index (χ2n) is 8.02. The smallest absolute Gasteiger partial charge is 0.267 e. The Kier molecular flexibility index (Phi) is 6.43. The second-order valence-corrected chi connectivity index (χ2v) is 9.70. The summed E-state index contributed by atoms with van der Waals surface area (Å²) in [6.45, 7) is 6.76. The number of carbonyl (C=O) groups excluding carboxylic acids is 1. The molecular formula is C24H24N4O2S2. The minimum atomic E-state index is -0.233. The van der Waals surface area contributed by atoms with E-state index in [4.69, 9.17) is 12.2 Å². The minimum Gasteiger partial charge on any atom is -0.369 e. The molecule has 8 heteroatoms. The third-order valence-electron chi connectivity index (χ3n) is 5.22. The summed E-state index contributed by atoms with van der Waals surface area (Å²) in [5, 5.41) is 3.27. The number of fused-ring (bicyclic) bond motifs is 1. The standard InChI is InChI=1S/C24H24N4O2S2/c1-15(2)14-25-21-18(22(29)27-12-8-7-11-20(27)26-21)13-19-23(30)28(24(31)32-19)16(3)17-9-5-4-6-10-17/h4-13,15-16,25H,14H2,1-3H3/b19-13-/t16-/m0/s1. The van der Waals surface area contributed by atoms with Crippen LogP contribution in [0.1, 0.15) is 37.9 Å². The fraction of sp³-hybridized carbons (Fsp3) is 0.250. The van der Waals surface area contributed by atoms with Gasteiger partial charge >= 0.3 is 0 Å². The van der Waals surface area contributed by atoms with Crippen molar-refractivity contribution in [2.45, 2.75) is 26.8 Å². The summed E-state index contributed by atoms with van der Waals surface area (Å²) in [6.07, 6.45) is 3.30. The first-order chi connectivity index (χ1) is 15.4. The highest BCUT2D eigenvalue weighted by Gasteiger charge is 2.36. The van der Waals surface area contributed by atoms with Gasteiger partial charge in [-0.15, -0.1) is 0 Å². The minimum absolute atomic E-state index is 0.205. The zero-order valence-electron chi connectivity index (χ0n) is 18.1. The van der Waals surface area contributed by atoms with Gasteiger partial charge in [-0.3, -0.25) is 18.9 Å². The van der Waals surface area contributed by atoms with Crippen LogP contribution >= 0.6 is 24.0 Å². The number of benzene rings is 1.